The zero-order chi connectivity index (χ0) is 13.2. The van der Waals surface area contributed by atoms with Crippen molar-refractivity contribution in [2.75, 3.05) is 26.8 Å². The third-order valence-corrected chi connectivity index (χ3v) is 3.25. The lowest BCUT2D eigenvalue weighted by molar-refractivity contribution is 0.0277. The van der Waals surface area contributed by atoms with Crippen molar-refractivity contribution in [1.29, 1.82) is 0 Å². The Hall–Kier alpha value is -1.85. The molecule has 1 aliphatic heterocycles. The molecule has 1 aliphatic rings. The second kappa shape index (κ2) is 5.03. The van der Waals surface area contributed by atoms with Gasteiger partial charge in [-0.3, -0.25) is 0 Å². The zero-order valence-corrected chi connectivity index (χ0v) is 10.6. The minimum absolute atomic E-state index is 0.00514. The SMILES string of the molecule is COc1cc2ccc(C3CNCCO3)cc2oc1=O. The highest BCUT2D eigenvalue weighted by atomic mass is 16.5. The highest BCUT2D eigenvalue weighted by Gasteiger charge is 2.16. The predicted octanol–water partition coefficient (Wildman–Crippen LogP) is 1.46. The van der Waals surface area contributed by atoms with Gasteiger partial charge in [-0.1, -0.05) is 12.1 Å². The van der Waals surface area contributed by atoms with E-state index in [9.17, 15) is 4.79 Å². The Balaban J connectivity index is 2.02. The number of methoxy groups -OCH3 is 1. The predicted molar refractivity (Wildman–Crippen MR) is 70.6 cm³/mol. The molecule has 1 aromatic heterocycles. The van der Waals surface area contributed by atoms with E-state index >= 15 is 0 Å². The Morgan fingerprint density at radius 3 is 3.00 bits per heavy atom. The number of hydrogen-bond acceptors (Lipinski definition) is 5. The van der Waals surface area contributed by atoms with Crippen LogP contribution in [0.4, 0.5) is 0 Å². The molecule has 1 atom stereocenters. The molecule has 100 valence electrons. The smallest absolute Gasteiger partial charge is 0.379 e. The summed E-state index contributed by atoms with van der Waals surface area (Å²) in [6, 6.07) is 7.44. The molecule has 0 radical (unpaired) electrons. The van der Waals surface area contributed by atoms with Crippen molar-refractivity contribution in [1.82, 2.24) is 5.32 Å². The minimum atomic E-state index is -0.463. The highest BCUT2D eigenvalue weighted by molar-refractivity contribution is 5.78. The van der Waals surface area contributed by atoms with Crippen molar-refractivity contribution in [2.24, 2.45) is 0 Å². The lowest BCUT2D eigenvalue weighted by Crippen LogP contribution is -2.33. The average Bonchev–Trinajstić information content (AvgIpc) is 2.47. The topological polar surface area (TPSA) is 60.7 Å². The summed E-state index contributed by atoms with van der Waals surface area (Å²) in [7, 11) is 1.45. The Morgan fingerprint density at radius 2 is 2.26 bits per heavy atom. The molecule has 1 saturated heterocycles. The average molecular weight is 261 g/mol. The Labute approximate surface area is 110 Å². The van der Waals surface area contributed by atoms with Crippen LogP contribution in [0.2, 0.25) is 0 Å². The van der Waals surface area contributed by atoms with Gasteiger partial charge in [-0.25, -0.2) is 4.79 Å². The van der Waals surface area contributed by atoms with Crippen LogP contribution in [0.3, 0.4) is 0 Å². The van der Waals surface area contributed by atoms with Gasteiger partial charge in [0.25, 0.3) is 0 Å². The molecule has 0 spiro atoms. The normalized spacial score (nSPS) is 19.5. The first kappa shape index (κ1) is 12.2. The van der Waals surface area contributed by atoms with Crippen LogP contribution < -0.4 is 15.7 Å². The van der Waals surface area contributed by atoms with Gasteiger partial charge in [0.2, 0.25) is 5.75 Å². The fraction of sp³-hybridized carbons (Fsp3) is 0.357. The lowest BCUT2D eigenvalue weighted by atomic mass is 10.1. The molecule has 1 aromatic carbocycles. The molecular weight excluding hydrogens is 246 g/mol. The summed E-state index contributed by atoms with van der Waals surface area (Å²) in [4.78, 5) is 11.6. The maximum atomic E-state index is 11.6. The maximum Gasteiger partial charge on any atom is 0.379 e. The van der Waals surface area contributed by atoms with Crippen LogP contribution in [0.1, 0.15) is 11.7 Å². The third-order valence-electron chi connectivity index (χ3n) is 3.25. The van der Waals surface area contributed by atoms with Crippen molar-refractivity contribution in [3.63, 3.8) is 0 Å². The molecule has 0 amide bonds. The summed E-state index contributed by atoms with van der Waals surface area (Å²) in [6.07, 6.45) is 0.00514. The summed E-state index contributed by atoms with van der Waals surface area (Å²) < 4.78 is 15.9. The highest BCUT2D eigenvalue weighted by Crippen LogP contribution is 2.24. The van der Waals surface area contributed by atoms with E-state index in [1.807, 2.05) is 18.2 Å². The third kappa shape index (κ3) is 2.34. The molecule has 1 fully saturated rings. The van der Waals surface area contributed by atoms with Gasteiger partial charge >= 0.3 is 5.63 Å². The van der Waals surface area contributed by atoms with Gasteiger partial charge in [0.05, 0.1) is 19.8 Å². The second-order valence-electron chi connectivity index (χ2n) is 4.46. The van der Waals surface area contributed by atoms with Gasteiger partial charge in [0, 0.05) is 18.5 Å². The number of nitrogens with one attached hydrogen (secondary N) is 1. The van der Waals surface area contributed by atoms with Gasteiger partial charge in [0.1, 0.15) is 5.58 Å². The Morgan fingerprint density at radius 1 is 1.37 bits per heavy atom. The monoisotopic (exact) mass is 261 g/mol. The Kier molecular flexibility index (Phi) is 3.23. The summed E-state index contributed by atoms with van der Waals surface area (Å²) in [5.74, 6) is 0.218. The molecule has 0 bridgehead atoms. The summed E-state index contributed by atoms with van der Waals surface area (Å²) in [5.41, 5.74) is 1.10. The van der Waals surface area contributed by atoms with E-state index in [2.05, 4.69) is 5.32 Å². The maximum absolute atomic E-state index is 11.6. The van der Waals surface area contributed by atoms with Crippen LogP contribution in [0.5, 0.6) is 5.75 Å². The largest absolute Gasteiger partial charge is 0.490 e. The number of benzene rings is 1. The zero-order valence-electron chi connectivity index (χ0n) is 10.6. The molecule has 3 rings (SSSR count). The fourth-order valence-electron chi connectivity index (χ4n) is 2.23. The van der Waals surface area contributed by atoms with E-state index in [0.29, 0.717) is 12.2 Å². The van der Waals surface area contributed by atoms with Crippen molar-refractivity contribution in [3.05, 3.63) is 40.2 Å². The molecule has 19 heavy (non-hydrogen) atoms. The molecule has 0 aliphatic carbocycles. The number of morpholine rings is 1. The summed E-state index contributed by atoms with van der Waals surface area (Å²) >= 11 is 0. The summed E-state index contributed by atoms with van der Waals surface area (Å²) in [6.45, 7) is 2.33. The lowest BCUT2D eigenvalue weighted by Gasteiger charge is -2.23. The van der Waals surface area contributed by atoms with Gasteiger partial charge in [-0.15, -0.1) is 0 Å². The van der Waals surface area contributed by atoms with E-state index in [-0.39, 0.29) is 11.9 Å². The van der Waals surface area contributed by atoms with Gasteiger partial charge in [-0.05, 0) is 17.7 Å². The van der Waals surface area contributed by atoms with Crippen molar-refractivity contribution in [2.45, 2.75) is 6.10 Å². The molecular formula is C14H15NO4. The van der Waals surface area contributed by atoms with Crippen molar-refractivity contribution < 1.29 is 13.9 Å². The van der Waals surface area contributed by atoms with E-state index in [0.717, 1.165) is 24.0 Å². The number of fused-ring (bicyclic) bond motifs is 1. The fourth-order valence-corrected chi connectivity index (χ4v) is 2.23. The molecule has 5 nitrogen and oxygen atoms in total. The van der Waals surface area contributed by atoms with E-state index in [4.69, 9.17) is 13.9 Å². The first-order valence-electron chi connectivity index (χ1n) is 6.22. The van der Waals surface area contributed by atoms with Crippen LogP contribution in [-0.2, 0) is 4.74 Å². The van der Waals surface area contributed by atoms with Crippen LogP contribution in [0.15, 0.2) is 33.5 Å². The van der Waals surface area contributed by atoms with Gasteiger partial charge in [0.15, 0.2) is 0 Å². The number of hydrogen-bond donors (Lipinski definition) is 1. The molecule has 0 saturated carbocycles. The first-order valence-corrected chi connectivity index (χ1v) is 6.22. The van der Waals surface area contributed by atoms with Gasteiger partial charge in [-0.2, -0.15) is 0 Å². The van der Waals surface area contributed by atoms with Crippen LogP contribution in [0, 0.1) is 0 Å². The van der Waals surface area contributed by atoms with Crippen LogP contribution in [-0.4, -0.2) is 26.8 Å². The molecule has 1 N–H and O–H groups in total. The molecule has 2 heterocycles. The van der Waals surface area contributed by atoms with E-state index in [1.165, 1.54) is 7.11 Å². The van der Waals surface area contributed by atoms with Crippen LogP contribution >= 0.6 is 0 Å². The van der Waals surface area contributed by atoms with Crippen molar-refractivity contribution >= 4 is 11.0 Å². The number of rotatable bonds is 2. The second-order valence-corrected chi connectivity index (χ2v) is 4.46. The number of ether oxygens (including phenoxy) is 2. The van der Waals surface area contributed by atoms with E-state index in [1.54, 1.807) is 6.07 Å². The van der Waals surface area contributed by atoms with Crippen LogP contribution in [0.25, 0.3) is 11.0 Å². The van der Waals surface area contributed by atoms with E-state index < -0.39 is 5.63 Å². The minimum Gasteiger partial charge on any atom is -0.490 e. The van der Waals surface area contributed by atoms with Crippen molar-refractivity contribution in [3.8, 4) is 5.75 Å². The van der Waals surface area contributed by atoms with Gasteiger partial charge < -0.3 is 19.2 Å². The standard InChI is InChI=1S/C14H15NO4/c1-17-12-7-9-2-3-10(6-11(9)19-14(12)16)13-8-15-4-5-18-13/h2-3,6-7,13,15H,4-5,8H2,1H3. The Bertz CT molecular complexity index is 643. The molecule has 5 heteroatoms. The first-order chi connectivity index (χ1) is 9.28. The quantitative estimate of drug-likeness (QED) is 0.829. The summed E-state index contributed by atoms with van der Waals surface area (Å²) in [5, 5.41) is 4.11. The molecule has 1 unspecified atom stereocenters. The molecule has 2 aromatic rings.